The summed E-state index contributed by atoms with van der Waals surface area (Å²) in [6.45, 7) is 0.810. The molecule has 0 atom stereocenters. The lowest BCUT2D eigenvalue weighted by atomic mass is 9.97. The number of piperidine rings is 1. The number of benzene rings is 3. The van der Waals surface area contributed by atoms with Crippen LogP contribution in [-0.4, -0.2) is 41.7 Å². The first-order chi connectivity index (χ1) is 16.4. The summed E-state index contributed by atoms with van der Waals surface area (Å²) in [5, 5.41) is 2.65. The van der Waals surface area contributed by atoms with Crippen molar-refractivity contribution in [3.05, 3.63) is 90.0 Å². The summed E-state index contributed by atoms with van der Waals surface area (Å²) in [6, 6.07) is 19.2. The van der Waals surface area contributed by atoms with Gasteiger partial charge in [0.15, 0.2) is 0 Å². The SMILES string of the molecule is O=C(Nc1ccc(S(=O)(=O)N2CCC(c3nc4ccccc4[nH]3)CC2)cc1)c1cccc(F)c1. The molecule has 9 heteroatoms. The van der Waals surface area contributed by atoms with Crippen molar-refractivity contribution in [2.24, 2.45) is 0 Å². The van der Waals surface area contributed by atoms with Crippen LogP contribution >= 0.6 is 0 Å². The Bertz CT molecular complexity index is 1410. The number of aromatic nitrogens is 2. The third kappa shape index (κ3) is 4.44. The molecule has 174 valence electrons. The number of rotatable bonds is 5. The highest BCUT2D eigenvalue weighted by atomic mass is 32.2. The quantitative estimate of drug-likeness (QED) is 0.441. The van der Waals surface area contributed by atoms with E-state index in [1.54, 1.807) is 0 Å². The molecule has 0 saturated carbocycles. The summed E-state index contributed by atoms with van der Waals surface area (Å²) in [5.74, 6) is 0.108. The van der Waals surface area contributed by atoms with Crippen molar-refractivity contribution in [2.45, 2.75) is 23.7 Å². The minimum atomic E-state index is -3.65. The molecule has 0 spiro atoms. The first-order valence-electron chi connectivity index (χ1n) is 11.0. The second-order valence-corrected chi connectivity index (χ2v) is 10.2. The zero-order valence-corrected chi connectivity index (χ0v) is 19.1. The fourth-order valence-corrected chi connectivity index (χ4v) is 5.70. The van der Waals surface area contributed by atoms with E-state index in [-0.39, 0.29) is 16.4 Å². The van der Waals surface area contributed by atoms with E-state index in [9.17, 15) is 17.6 Å². The number of hydrogen-bond acceptors (Lipinski definition) is 4. The topological polar surface area (TPSA) is 95.2 Å². The number of anilines is 1. The second-order valence-electron chi connectivity index (χ2n) is 8.31. The number of H-pyrrole nitrogens is 1. The largest absolute Gasteiger partial charge is 0.342 e. The third-order valence-electron chi connectivity index (χ3n) is 6.09. The van der Waals surface area contributed by atoms with Crippen LogP contribution < -0.4 is 5.32 Å². The Morgan fingerprint density at radius 1 is 1.00 bits per heavy atom. The Labute approximate surface area is 196 Å². The number of imidazole rings is 1. The first kappa shape index (κ1) is 22.2. The molecule has 0 bridgehead atoms. The molecule has 1 aliphatic heterocycles. The molecular formula is C25H23FN4O3S. The van der Waals surface area contributed by atoms with Gasteiger partial charge in [-0.25, -0.2) is 17.8 Å². The molecule has 5 rings (SSSR count). The van der Waals surface area contributed by atoms with E-state index in [0.29, 0.717) is 31.6 Å². The minimum Gasteiger partial charge on any atom is -0.342 e. The van der Waals surface area contributed by atoms with Crippen LogP contribution in [0.2, 0.25) is 0 Å². The zero-order chi connectivity index (χ0) is 23.7. The highest BCUT2D eigenvalue weighted by molar-refractivity contribution is 7.89. The maximum Gasteiger partial charge on any atom is 0.255 e. The van der Waals surface area contributed by atoms with Crippen molar-refractivity contribution in [2.75, 3.05) is 18.4 Å². The molecule has 1 fully saturated rings. The summed E-state index contributed by atoms with van der Waals surface area (Å²) in [5.41, 5.74) is 2.51. The lowest BCUT2D eigenvalue weighted by Gasteiger charge is -2.30. The van der Waals surface area contributed by atoms with E-state index >= 15 is 0 Å². The van der Waals surface area contributed by atoms with Gasteiger partial charge in [0.1, 0.15) is 11.6 Å². The highest BCUT2D eigenvalue weighted by Crippen LogP contribution is 2.30. The lowest BCUT2D eigenvalue weighted by Crippen LogP contribution is -2.38. The van der Waals surface area contributed by atoms with E-state index in [0.717, 1.165) is 22.9 Å². The maximum absolute atomic E-state index is 13.3. The Hall–Kier alpha value is -3.56. The van der Waals surface area contributed by atoms with Crippen molar-refractivity contribution >= 4 is 32.7 Å². The number of halogens is 1. The van der Waals surface area contributed by atoms with Gasteiger partial charge in [0.25, 0.3) is 5.91 Å². The van der Waals surface area contributed by atoms with Gasteiger partial charge in [-0.2, -0.15) is 4.31 Å². The number of carbonyl (C=O) groups is 1. The molecule has 2 N–H and O–H groups in total. The molecule has 1 amide bonds. The number of nitrogens with one attached hydrogen (secondary N) is 2. The average Bonchev–Trinajstić information content (AvgIpc) is 3.29. The van der Waals surface area contributed by atoms with Gasteiger partial charge in [0, 0.05) is 30.3 Å². The fourth-order valence-electron chi connectivity index (χ4n) is 4.23. The summed E-state index contributed by atoms with van der Waals surface area (Å²) in [4.78, 5) is 20.5. The summed E-state index contributed by atoms with van der Waals surface area (Å²) in [7, 11) is -3.65. The average molecular weight is 479 g/mol. The van der Waals surface area contributed by atoms with Gasteiger partial charge in [-0.05, 0) is 67.4 Å². The maximum atomic E-state index is 13.3. The number of amides is 1. The van der Waals surface area contributed by atoms with Crippen LogP contribution in [0.4, 0.5) is 10.1 Å². The molecule has 3 aromatic carbocycles. The van der Waals surface area contributed by atoms with Crippen LogP contribution in [0.3, 0.4) is 0 Å². The van der Waals surface area contributed by atoms with E-state index in [2.05, 4.69) is 15.3 Å². The van der Waals surface area contributed by atoms with Gasteiger partial charge in [-0.1, -0.05) is 18.2 Å². The molecule has 0 radical (unpaired) electrons. The van der Waals surface area contributed by atoms with Gasteiger partial charge in [-0.15, -0.1) is 0 Å². The second kappa shape index (κ2) is 9.00. The molecule has 34 heavy (non-hydrogen) atoms. The van der Waals surface area contributed by atoms with Crippen LogP contribution in [0.1, 0.15) is 34.9 Å². The number of hydrogen-bond donors (Lipinski definition) is 2. The van der Waals surface area contributed by atoms with Crippen LogP contribution in [0.25, 0.3) is 11.0 Å². The summed E-state index contributed by atoms with van der Waals surface area (Å²) >= 11 is 0. The van der Waals surface area contributed by atoms with Gasteiger partial charge < -0.3 is 10.3 Å². The molecule has 7 nitrogen and oxygen atoms in total. The van der Waals surface area contributed by atoms with Crippen molar-refractivity contribution < 1.29 is 17.6 Å². The molecular weight excluding hydrogens is 455 g/mol. The lowest BCUT2D eigenvalue weighted by molar-refractivity contribution is 0.102. The van der Waals surface area contributed by atoms with Gasteiger partial charge >= 0.3 is 0 Å². The normalized spacial score (nSPS) is 15.4. The van der Waals surface area contributed by atoms with Gasteiger partial charge in [-0.3, -0.25) is 4.79 Å². The Morgan fingerprint density at radius 3 is 2.44 bits per heavy atom. The number of para-hydroxylation sites is 2. The number of sulfonamides is 1. The molecule has 1 aromatic heterocycles. The van der Waals surface area contributed by atoms with Crippen LogP contribution in [0.15, 0.2) is 77.7 Å². The predicted octanol–water partition coefficient (Wildman–Crippen LogP) is 4.52. The monoisotopic (exact) mass is 478 g/mol. The summed E-state index contributed by atoms with van der Waals surface area (Å²) < 4.78 is 41.1. The smallest absolute Gasteiger partial charge is 0.255 e. The van der Waals surface area contributed by atoms with Crippen LogP contribution in [-0.2, 0) is 10.0 Å². The van der Waals surface area contributed by atoms with E-state index in [4.69, 9.17) is 0 Å². The predicted molar refractivity (Wildman–Crippen MR) is 128 cm³/mol. The van der Waals surface area contributed by atoms with E-state index < -0.39 is 21.7 Å². The Balaban J connectivity index is 1.23. The molecule has 2 heterocycles. The third-order valence-corrected chi connectivity index (χ3v) is 8.00. The summed E-state index contributed by atoms with van der Waals surface area (Å²) in [6.07, 6.45) is 1.36. The Kier molecular flexibility index (Phi) is 5.89. The number of nitrogens with zero attached hydrogens (tertiary/aromatic N) is 2. The Morgan fingerprint density at radius 2 is 1.74 bits per heavy atom. The standard InChI is InChI=1S/C25H23FN4O3S/c26-19-5-3-4-18(16-19)25(31)27-20-8-10-21(11-9-20)34(32,33)30-14-12-17(13-15-30)24-28-22-6-1-2-7-23(22)29-24/h1-11,16-17H,12-15H2,(H,27,31)(H,28,29). The van der Waals surface area contributed by atoms with Crippen molar-refractivity contribution in [3.8, 4) is 0 Å². The first-order valence-corrected chi connectivity index (χ1v) is 12.5. The van der Waals surface area contributed by atoms with Gasteiger partial charge in [0.05, 0.1) is 15.9 Å². The van der Waals surface area contributed by atoms with E-state index in [1.165, 1.54) is 46.8 Å². The molecule has 0 unspecified atom stereocenters. The molecule has 4 aromatic rings. The molecule has 1 saturated heterocycles. The van der Waals surface area contributed by atoms with Crippen molar-refractivity contribution in [1.82, 2.24) is 14.3 Å². The zero-order valence-electron chi connectivity index (χ0n) is 18.2. The number of aromatic amines is 1. The van der Waals surface area contributed by atoms with E-state index in [1.807, 2.05) is 24.3 Å². The molecule has 0 aliphatic carbocycles. The van der Waals surface area contributed by atoms with Gasteiger partial charge in [0.2, 0.25) is 10.0 Å². The number of fused-ring (bicyclic) bond motifs is 1. The minimum absolute atomic E-state index is 0.165. The van der Waals surface area contributed by atoms with Crippen molar-refractivity contribution in [3.63, 3.8) is 0 Å². The molecule has 1 aliphatic rings. The highest BCUT2D eigenvalue weighted by Gasteiger charge is 2.31. The van der Waals surface area contributed by atoms with Crippen LogP contribution in [0, 0.1) is 5.82 Å². The fraction of sp³-hybridized carbons (Fsp3) is 0.200. The number of carbonyl (C=O) groups excluding carboxylic acids is 1. The van der Waals surface area contributed by atoms with Crippen LogP contribution in [0.5, 0.6) is 0 Å². The van der Waals surface area contributed by atoms with Crippen molar-refractivity contribution in [1.29, 1.82) is 0 Å².